The number of thiazole rings is 1. The molecule has 1 aromatic heterocycles. The fourth-order valence-electron chi connectivity index (χ4n) is 4.55. The van der Waals surface area contributed by atoms with Crippen LogP contribution in [-0.2, 0) is 11.2 Å². The summed E-state index contributed by atoms with van der Waals surface area (Å²) in [4.78, 5) is 19.4. The van der Waals surface area contributed by atoms with Crippen LogP contribution in [0, 0.1) is 5.92 Å². The van der Waals surface area contributed by atoms with Gasteiger partial charge in [-0.2, -0.15) is 0 Å². The Morgan fingerprint density at radius 1 is 1.28 bits per heavy atom. The number of nitrogens with zero attached hydrogens (tertiary/aromatic N) is 2. The molecule has 1 amide bonds. The lowest BCUT2D eigenvalue weighted by Gasteiger charge is -2.47. The summed E-state index contributed by atoms with van der Waals surface area (Å²) >= 11 is 1.52. The van der Waals surface area contributed by atoms with Crippen LogP contribution < -0.4 is 9.47 Å². The van der Waals surface area contributed by atoms with Gasteiger partial charge >= 0.3 is 0 Å². The number of likely N-dealkylation sites (tertiary alicyclic amines) is 1. The van der Waals surface area contributed by atoms with Gasteiger partial charge in [-0.25, -0.2) is 4.98 Å². The molecule has 2 heterocycles. The van der Waals surface area contributed by atoms with Crippen molar-refractivity contribution >= 4 is 17.2 Å². The maximum atomic E-state index is 12.8. The summed E-state index contributed by atoms with van der Waals surface area (Å²) in [7, 11) is 3.22. The molecule has 2 aromatic rings. The normalized spacial score (nSPS) is 24.1. The van der Waals surface area contributed by atoms with E-state index in [-0.39, 0.29) is 11.8 Å². The summed E-state index contributed by atoms with van der Waals surface area (Å²) in [6, 6.07) is 5.71. The van der Waals surface area contributed by atoms with Crippen molar-refractivity contribution in [1.29, 1.82) is 0 Å². The molecule has 6 nitrogen and oxygen atoms in total. The van der Waals surface area contributed by atoms with Gasteiger partial charge in [-0.05, 0) is 37.5 Å². The van der Waals surface area contributed by atoms with E-state index in [1.54, 1.807) is 14.2 Å². The minimum atomic E-state index is -0.559. The van der Waals surface area contributed by atoms with Crippen LogP contribution in [-0.4, -0.2) is 53.8 Å². The van der Waals surface area contributed by atoms with E-state index in [2.05, 4.69) is 4.98 Å². The zero-order chi connectivity index (χ0) is 20.4. The van der Waals surface area contributed by atoms with Gasteiger partial charge in [0, 0.05) is 30.0 Å². The molecular weight excluding hydrogens is 388 g/mol. The summed E-state index contributed by atoms with van der Waals surface area (Å²) in [5, 5.41) is 13.6. The predicted octanol–water partition coefficient (Wildman–Crippen LogP) is 3.52. The number of benzene rings is 1. The van der Waals surface area contributed by atoms with E-state index < -0.39 is 5.60 Å². The molecule has 1 aliphatic heterocycles. The SMILES string of the molecule is COc1ccc(-c2nc(CC(=O)N3CC[C@]4(O)CCCC[C@@H]4C3)cs2)cc1OC. The Labute approximate surface area is 175 Å². The number of piperidine rings is 1. The van der Waals surface area contributed by atoms with Crippen molar-refractivity contribution < 1.29 is 19.4 Å². The number of ether oxygens (including phenoxy) is 2. The van der Waals surface area contributed by atoms with E-state index in [0.717, 1.165) is 41.9 Å². The van der Waals surface area contributed by atoms with Crippen LogP contribution in [0.15, 0.2) is 23.6 Å². The minimum Gasteiger partial charge on any atom is -0.493 e. The van der Waals surface area contributed by atoms with E-state index in [0.29, 0.717) is 37.4 Å². The van der Waals surface area contributed by atoms with Gasteiger partial charge in [-0.1, -0.05) is 12.8 Å². The molecule has 0 unspecified atom stereocenters. The average molecular weight is 417 g/mol. The van der Waals surface area contributed by atoms with Crippen molar-refractivity contribution in [3.8, 4) is 22.1 Å². The molecule has 2 atom stereocenters. The molecule has 156 valence electrons. The topological polar surface area (TPSA) is 71.9 Å². The largest absolute Gasteiger partial charge is 0.493 e. The van der Waals surface area contributed by atoms with Crippen molar-refractivity contribution in [3.05, 3.63) is 29.3 Å². The third kappa shape index (κ3) is 4.12. The molecule has 4 rings (SSSR count). The first kappa shape index (κ1) is 20.2. The first-order chi connectivity index (χ1) is 14.0. The molecule has 29 heavy (non-hydrogen) atoms. The van der Waals surface area contributed by atoms with E-state index in [1.165, 1.54) is 11.3 Å². The Hall–Kier alpha value is -2.12. The molecule has 2 fully saturated rings. The summed E-state index contributed by atoms with van der Waals surface area (Å²) in [6.45, 7) is 1.31. The highest BCUT2D eigenvalue weighted by Crippen LogP contribution is 2.40. The zero-order valence-corrected chi connectivity index (χ0v) is 17.8. The summed E-state index contributed by atoms with van der Waals surface area (Å²) < 4.78 is 10.7. The van der Waals surface area contributed by atoms with Crippen molar-refractivity contribution in [1.82, 2.24) is 9.88 Å². The summed E-state index contributed by atoms with van der Waals surface area (Å²) in [5.74, 6) is 1.65. The van der Waals surface area contributed by atoms with Gasteiger partial charge in [0.15, 0.2) is 11.5 Å². The number of fused-ring (bicyclic) bond motifs is 1. The van der Waals surface area contributed by atoms with Gasteiger partial charge in [0.05, 0.1) is 31.9 Å². The number of methoxy groups -OCH3 is 2. The number of carbonyl (C=O) groups excluding carboxylic acids is 1. The van der Waals surface area contributed by atoms with Gasteiger partial charge in [0.2, 0.25) is 5.91 Å². The maximum absolute atomic E-state index is 12.8. The molecule has 2 aliphatic rings. The molecule has 1 aromatic carbocycles. The predicted molar refractivity (Wildman–Crippen MR) is 112 cm³/mol. The third-order valence-corrected chi connectivity index (χ3v) is 7.24. The molecule has 1 saturated carbocycles. The van der Waals surface area contributed by atoms with Gasteiger partial charge in [0.25, 0.3) is 0 Å². The molecule has 1 aliphatic carbocycles. The lowest BCUT2D eigenvalue weighted by Crippen LogP contribution is -2.54. The third-order valence-electron chi connectivity index (χ3n) is 6.29. The van der Waals surface area contributed by atoms with Crippen LogP contribution in [0.2, 0.25) is 0 Å². The zero-order valence-electron chi connectivity index (χ0n) is 17.0. The Kier molecular flexibility index (Phi) is 5.79. The fourth-order valence-corrected chi connectivity index (χ4v) is 5.37. The van der Waals surface area contributed by atoms with Crippen molar-refractivity contribution in [3.63, 3.8) is 0 Å². The number of hydrogen-bond acceptors (Lipinski definition) is 6. The van der Waals surface area contributed by atoms with Gasteiger partial charge in [0.1, 0.15) is 5.01 Å². The first-order valence-electron chi connectivity index (χ1n) is 10.2. The van der Waals surface area contributed by atoms with Crippen LogP contribution >= 0.6 is 11.3 Å². The Balaban J connectivity index is 1.42. The molecule has 7 heteroatoms. The van der Waals surface area contributed by atoms with E-state index in [1.807, 2.05) is 28.5 Å². The van der Waals surface area contributed by atoms with Gasteiger partial charge in [-0.3, -0.25) is 4.79 Å². The summed E-state index contributed by atoms with van der Waals surface area (Å²) in [6.07, 6.45) is 5.13. The second-order valence-corrected chi connectivity index (χ2v) is 8.88. The number of aliphatic hydroxyl groups is 1. The smallest absolute Gasteiger partial charge is 0.228 e. The van der Waals surface area contributed by atoms with Crippen molar-refractivity contribution in [2.75, 3.05) is 27.3 Å². The molecule has 0 bridgehead atoms. The lowest BCUT2D eigenvalue weighted by molar-refractivity contribution is -0.142. The number of rotatable bonds is 5. The maximum Gasteiger partial charge on any atom is 0.228 e. The number of carbonyl (C=O) groups is 1. The standard InChI is InChI=1S/C22H28N2O4S/c1-27-18-7-6-15(11-19(18)28-2)21-23-17(14-29-21)12-20(25)24-10-9-22(26)8-4-3-5-16(22)13-24/h6-7,11,14,16,26H,3-5,8-10,12-13H2,1-2H3/t16-,22-/m1/s1. The second kappa shape index (κ2) is 8.32. The Bertz CT molecular complexity index is 883. The quantitative estimate of drug-likeness (QED) is 0.807. The van der Waals surface area contributed by atoms with Crippen molar-refractivity contribution in [2.45, 2.75) is 44.1 Å². The molecular formula is C22H28N2O4S. The van der Waals surface area contributed by atoms with Crippen LogP contribution in [0.25, 0.3) is 10.6 Å². The number of amides is 1. The Morgan fingerprint density at radius 3 is 2.90 bits per heavy atom. The van der Waals surface area contributed by atoms with Crippen LogP contribution in [0.5, 0.6) is 11.5 Å². The first-order valence-corrected chi connectivity index (χ1v) is 11.1. The van der Waals surface area contributed by atoms with E-state index in [9.17, 15) is 9.90 Å². The van der Waals surface area contributed by atoms with Gasteiger partial charge in [-0.15, -0.1) is 11.3 Å². The van der Waals surface area contributed by atoms with E-state index >= 15 is 0 Å². The molecule has 1 saturated heterocycles. The molecule has 1 N–H and O–H groups in total. The lowest BCUT2D eigenvalue weighted by atomic mass is 9.71. The highest BCUT2D eigenvalue weighted by molar-refractivity contribution is 7.13. The summed E-state index contributed by atoms with van der Waals surface area (Å²) in [5.41, 5.74) is 1.17. The van der Waals surface area contributed by atoms with Crippen LogP contribution in [0.1, 0.15) is 37.8 Å². The highest BCUT2D eigenvalue weighted by Gasteiger charge is 2.43. The fraction of sp³-hybridized carbons (Fsp3) is 0.545. The highest BCUT2D eigenvalue weighted by atomic mass is 32.1. The molecule has 0 spiro atoms. The van der Waals surface area contributed by atoms with Gasteiger partial charge < -0.3 is 19.5 Å². The number of hydrogen-bond donors (Lipinski definition) is 1. The Morgan fingerprint density at radius 2 is 2.10 bits per heavy atom. The van der Waals surface area contributed by atoms with E-state index in [4.69, 9.17) is 9.47 Å². The van der Waals surface area contributed by atoms with Crippen LogP contribution in [0.4, 0.5) is 0 Å². The second-order valence-electron chi connectivity index (χ2n) is 8.03. The van der Waals surface area contributed by atoms with Crippen molar-refractivity contribution in [2.24, 2.45) is 5.92 Å². The van der Waals surface area contributed by atoms with Crippen LogP contribution in [0.3, 0.4) is 0 Å². The monoisotopic (exact) mass is 416 g/mol. The molecule has 0 radical (unpaired) electrons. The number of aromatic nitrogens is 1. The average Bonchev–Trinajstić information content (AvgIpc) is 3.20. The minimum absolute atomic E-state index is 0.0989.